The summed E-state index contributed by atoms with van der Waals surface area (Å²) < 4.78 is 5.64. The Kier molecular flexibility index (Phi) is 7.58. The number of ether oxygens (including phenoxy) is 1. The third-order valence-corrected chi connectivity index (χ3v) is 7.43. The molecule has 0 aromatic heterocycles. The molecule has 2 N–H and O–H groups in total. The summed E-state index contributed by atoms with van der Waals surface area (Å²) in [6, 6.07) is 16.0. The third kappa shape index (κ3) is 6.45. The molecule has 1 aliphatic carbocycles. The second-order valence-electron chi connectivity index (χ2n) is 11.3. The van der Waals surface area contributed by atoms with Gasteiger partial charge in [-0.3, -0.25) is 9.59 Å². The van der Waals surface area contributed by atoms with Crippen LogP contribution in [0.1, 0.15) is 69.1 Å². The van der Waals surface area contributed by atoms with E-state index in [9.17, 15) is 9.59 Å². The Labute approximate surface area is 214 Å². The van der Waals surface area contributed by atoms with E-state index in [4.69, 9.17) is 22.1 Å². The quantitative estimate of drug-likeness (QED) is 0.552. The van der Waals surface area contributed by atoms with E-state index in [2.05, 4.69) is 12.1 Å². The van der Waals surface area contributed by atoms with Crippen LogP contribution >= 0.6 is 11.6 Å². The van der Waals surface area contributed by atoms with Crippen molar-refractivity contribution < 1.29 is 14.3 Å². The van der Waals surface area contributed by atoms with Crippen LogP contribution in [0.4, 0.5) is 0 Å². The molecule has 188 valence electrons. The summed E-state index contributed by atoms with van der Waals surface area (Å²) in [5.41, 5.74) is 9.33. The van der Waals surface area contributed by atoms with Crippen molar-refractivity contribution in [2.24, 2.45) is 11.7 Å². The van der Waals surface area contributed by atoms with E-state index in [1.807, 2.05) is 62.1 Å². The van der Waals surface area contributed by atoms with E-state index in [0.717, 1.165) is 31.2 Å². The lowest BCUT2D eigenvalue weighted by molar-refractivity contribution is -0.159. The van der Waals surface area contributed by atoms with Crippen LogP contribution < -0.4 is 5.73 Å². The molecule has 5 nitrogen and oxygen atoms in total. The number of carbonyl (C=O) groups is 2. The molecular formula is C29H37ClN2O3. The van der Waals surface area contributed by atoms with Crippen LogP contribution in [0, 0.1) is 5.92 Å². The molecule has 2 aromatic carbocycles. The minimum absolute atomic E-state index is 0.0107. The summed E-state index contributed by atoms with van der Waals surface area (Å²) in [5.74, 6) is -0.747. The lowest BCUT2D eigenvalue weighted by Gasteiger charge is -2.42. The van der Waals surface area contributed by atoms with Crippen molar-refractivity contribution in [2.75, 3.05) is 13.1 Å². The molecule has 1 unspecified atom stereocenters. The number of fused-ring (bicyclic) bond motifs is 1. The molecule has 6 heteroatoms. The number of esters is 1. The predicted molar refractivity (Wildman–Crippen MR) is 139 cm³/mol. The molecule has 1 aliphatic heterocycles. The highest BCUT2D eigenvalue weighted by molar-refractivity contribution is 6.30. The maximum Gasteiger partial charge on any atom is 0.307 e. The summed E-state index contributed by atoms with van der Waals surface area (Å²) in [4.78, 5) is 28.8. The van der Waals surface area contributed by atoms with Gasteiger partial charge in [0.25, 0.3) is 0 Å². The summed E-state index contributed by atoms with van der Waals surface area (Å²) in [6.45, 7) is 6.72. The summed E-state index contributed by atoms with van der Waals surface area (Å²) in [5, 5.41) is 0.696. The van der Waals surface area contributed by atoms with Gasteiger partial charge in [-0.05, 0) is 87.6 Å². The first kappa shape index (κ1) is 25.7. The number of nitrogens with zero attached hydrogens (tertiary/aromatic N) is 1. The van der Waals surface area contributed by atoms with E-state index in [1.165, 1.54) is 11.1 Å². The van der Waals surface area contributed by atoms with Crippen LogP contribution in [0.25, 0.3) is 0 Å². The Bertz CT molecular complexity index is 1060. The first-order valence-corrected chi connectivity index (χ1v) is 13.0. The molecule has 35 heavy (non-hydrogen) atoms. The number of aryl methyl sites for hydroxylation is 1. The molecule has 4 rings (SSSR count). The highest BCUT2D eigenvalue weighted by Crippen LogP contribution is 2.41. The van der Waals surface area contributed by atoms with Crippen molar-refractivity contribution >= 4 is 23.5 Å². The average Bonchev–Trinajstić information content (AvgIpc) is 3.21. The number of hydrogen-bond donors (Lipinski definition) is 1. The van der Waals surface area contributed by atoms with Gasteiger partial charge in [0, 0.05) is 23.7 Å². The zero-order valence-corrected chi connectivity index (χ0v) is 21.8. The Morgan fingerprint density at radius 2 is 1.89 bits per heavy atom. The Morgan fingerprint density at radius 3 is 2.60 bits per heavy atom. The van der Waals surface area contributed by atoms with Gasteiger partial charge in [-0.25, -0.2) is 0 Å². The zero-order chi connectivity index (χ0) is 25.2. The summed E-state index contributed by atoms with van der Waals surface area (Å²) >= 11 is 6.05. The molecule has 1 fully saturated rings. The normalized spacial score (nSPS) is 23.0. The van der Waals surface area contributed by atoms with Gasteiger partial charge in [0.15, 0.2) is 0 Å². The van der Waals surface area contributed by atoms with Crippen molar-refractivity contribution in [3.05, 3.63) is 70.2 Å². The Morgan fingerprint density at radius 1 is 1.17 bits per heavy atom. The average molecular weight is 497 g/mol. The van der Waals surface area contributed by atoms with Crippen LogP contribution in [0.3, 0.4) is 0 Å². The Hall–Kier alpha value is -2.37. The standard InChI is InChI=1S/C29H37ClN2O3/c1-28(2,3)35-26(33)17-25(24-14-11-21-7-4-5-8-23(21)24)27(34)32-16-6-15-29(31,19-32)18-20-9-12-22(30)13-10-20/h4-5,7-10,12-13,24-25H,6,11,14-19,31H2,1-3H3/t24-,25?,29-/m1/s1. The fraction of sp³-hybridized carbons (Fsp3) is 0.517. The molecule has 1 saturated heterocycles. The number of nitrogens with two attached hydrogens (primary N) is 1. The van der Waals surface area contributed by atoms with Gasteiger partial charge >= 0.3 is 5.97 Å². The number of piperidine rings is 1. The van der Waals surface area contributed by atoms with Gasteiger partial charge < -0.3 is 15.4 Å². The van der Waals surface area contributed by atoms with Crippen molar-refractivity contribution in [3.63, 3.8) is 0 Å². The zero-order valence-electron chi connectivity index (χ0n) is 21.1. The fourth-order valence-corrected chi connectivity index (χ4v) is 5.83. The minimum atomic E-state index is -0.589. The van der Waals surface area contributed by atoms with Crippen LogP contribution in [0.2, 0.25) is 5.02 Å². The first-order valence-electron chi connectivity index (χ1n) is 12.6. The predicted octanol–water partition coefficient (Wildman–Crippen LogP) is 5.28. The van der Waals surface area contributed by atoms with Gasteiger partial charge in [-0.1, -0.05) is 48.0 Å². The molecule has 2 aromatic rings. The summed E-state index contributed by atoms with van der Waals surface area (Å²) in [6.07, 6.45) is 4.25. The molecular weight excluding hydrogens is 460 g/mol. The third-order valence-electron chi connectivity index (χ3n) is 7.18. The molecule has 2 aliphatic rings. The maximum absolute atomic E-state index is 14.0. The van der Waals surface area contributed by atoms with E-state index < -0.39 is 17.1 Å². The van der Waals surface area contributed by atoms with Gasteiger partial charge in [-0.15, -0.1) is 0 Å². The largest absolute Gasteiger partial charge is 0.460 e. The Balaban J connectivity index is 1.55. The smallest absolute Gasteiger partial charge is 0.307 e. The summed E-state index contributed by atoms with van der Waals surface area (Å²) in [7, 11) is 0. The molecule has 0 saturated carbocycles. The van der Waals surface area contributed by atoms with Crippen molar-refractivity contribution in [1.82, 2.24) is 4.90 Å². The van der Waals surface area contributed by atoms with Crippen molar-refractivity contribution in [1.29, 1.82) is 0 Å². The second-order valence-corrected chi connectivity index (χ2v) is 11.7. The lowest BCUT2D eigenvalue weighted by atomic mass is 9.81. The highest BCUT2D eigenvalue weighted by atomic mass is 35.5. The number of carbonyl (C=O) groups excluding carboxylic acids is 2. The van der Waals surface area contributed by atoms with E-state index in [0.29, 0.717) is 24.5 Å². The molecule has 3 atom stereocenters. The second kappa shape index (κ2) is 10.3. The molecule has 1 heterocycles. The van der Waals surface area contributed by atoms with Crippen LogP contribution in [-0.4, -0.2) is 41.0 Å². The fourth-order valence-electron chi connectivity index (χ4n) is 5.71. The van der Waals surface area contributed by atoms with E-state index >= 15 is 0 Å². The molecule has 1 amide bonds. The van der Waals surface area contributed by atoms with Gasteiger partial charge in [0.2, 0.25) is 5.91 Å². The first-order chi connectivity index (χ1) is 16.5. The minimum Gasteiger partial charge on any atom is -0.460 e. The molecule has 0 radical (unpaired) electrons. The van der Waals surface area contributed by atoms with Crippen LogP contribution in [0.15, 0.2) is 48.5 Å². The monoisotopic (exact) mass is 496 g/mol. The van der Waals surface area contributed by atoms with Crippen molar-refractivity contribution in [2.45, 2.75) is 76.4 Å². The maximum atomic E-state index is 14.0. The van der Waals surface area contributed by atoms with Gasteiger partial charge in [0.1, 0.15) is 5.60 Å². The SMILES string of the molecule is CC(C)(C)OC(=O)CC(C(=O)N1CCC[C@@](N)(Cc2ccc(Cl)cc2)C1)[C@@H]1CCc2ccccc21. The molecule has 0 bridgehead atoms. The number of hydrogen-bond acceptors (Lipinski definition) is 4. The topological polar surface area (TPSA) is 72.6 Å². The molecule has 0 spiro atoms. The van der Waals surface area contributed by atoms with Crippen LogP contribution in [0.5, 0.6) is 0 Å². The van der Waals surface area contributed by atoms with Crippen molar-refractivity contribution in [3.8, 4) is 0 Å². The number of amides is 1. The van der Waals surface area contributed by atoms with E-state index in [-0.39, 0.29) is 24.2 Å². The van der Waals surface area contributed by atoms with Gasteiger partial charge in [0.05, 0.1) is 12.3 Å². The lowest BCUT2D eigenvalue weighted by Crippen LogP contribution is -2.58. The number of benzene rings is 2. The number of halogens is 1. The highest BCUT2D eigenvalue weighted by Gasteiger charge is 2.41. The van der Waals surface area contributed by atoms with Gasteiger partial charge in [-0.2, -0.15) is 0 Å². The van der Waals surface area contributed by atoms with E-state index in [1.54, 1.807) is 0 Å². The number of rotatable bonds is 6. The number of likely N-dealkylation sites (tertiary alicyclic amines) is 1. The van der Waals surface area contributed by atoms with Crippen LogP contribution in [-0.2, 0) is 27.2 Å².